The summed E-state index contributed by atoms with van der Waals surface area (Å²) in [6.45, 7) is 3.96. The number of aromatic amines is 1. The van der Waals surface area contributed by atoms with Crippen molar-refractivity contribution in [1.29, 1.82) is 0 Å². The van der Waals surface area contributed by atoms with Crippen molar-refractivity contribution >= 4 is 15.7 Å². The number of sulfonamides is 1. The Morgan fingerprint density at radius 3 is 2.39 bits per heavy atom. The third-order valence-corrected chi connectivity index (χ3v) is 8.04. The molecule has 2 aromatic carbocycles. The third kappa shape index (κ3) is 4.79. The third-order valence-electron chi connectivity index (χ3n) is 6.45. The van der Waals surface area contributed by atoms with Gasteiger partial charge in [-0.3, -0.25) is 0 Å². The number of rotatable bonds is 9. The summed E-state index contributed by atoms with van der Waals surface area (Å²) in [4.78, 5) is 9.31. The zero-order valence-electron chi connectivity index (χ0n) is 21.7. The van der Waals surface area contributed by atoms with E-state index in [0.717, 1.165) is 57.1 Å². The van der Waals surface area contributed by atoms with Crippen LogP contribution in [0.25, 0.3) is 28.2 Å². The van der Waals surface area contributed by atoms with E-state index in [4.69, 9.17) is 4.98 Å². The van der Waals surface area contributed by atoms with Gasteiger partial charge in [0.05, 0.1) is 0 Å². The summed E-state index contributed by atoms with van der Waals surface area (Å²) >= 11 is 0. The Hall–Kier alpha value is -4.03. The maximum atomic E-state index is 12.8. The molecule has 0 bridgehead atoms. The number of unbranched alkanes of at least 4 members (excludes halogenated alkanes) is 1. The SMILES string of the molecule is CCCCc1nc(C)n2nc(S(=O)(=O)N(C)C)nc2c1Cc1ccc(-c2ccccc2-c2nn[nH]n2)cc1. The van der Waals surface area contributed by atoms with Crippen molar-refractivity contribution in [2.24, 2.45) is 0 Å². The minimum absolute atomic E-state index is 0.227. The molecule has 38 heavy (non-hydrogen) atoms. The molecule has 0 saturated heterocycles. The van der Waals surface area contributed by atoms with E-state index < -0.39 is 10.0 Å². The minimum atomic E-state index is -3.79. The summed E-state index contributed by atoms with van der Waals surface area (Å²) in [6, 6.07) is 16.2. The van der Waals surface area contributed by atoms with E-state index in [9.17, 15) is 8.42 Å². The number of nitrogens with zero attached hydrogens (tertiary/aromatic N) is 8. The second-order valence-electron chi connectivity index (χ2n) is 9.26. The lowest BCUT2D eigenvalue weighted by atomic mass is 9.96. The van der Waals surface area contributed by atoms with Gasteiger partial charge in [-0.05, 0) is 41.7 Å². The molecule has 1 N–H and O–H groups in total. The summed E-state index contributed by atoms with van der Waals surface area (Å²) in [5.41, 5.74) is 6.29. The van der Waals surface area contributed by atoms with Crippen LogP contribution in [0.15, 0.2) is 53.7 Å². The average Bonchev–Trinajstić information content (AvgIpc) is 3.61. The highest BCUT2D eigenvalue weighted by atomic mass is 32.2. The Labute approximate surface area is 221 Å². The van der Waals surface area contributed by atoms with Crippen LogP contribution >= 0.6 is 0 Å². The molecule has 3 heterocycles. The van der Waals surface area contributed by atoms with Crippen LogP contribution in [0.1, 0.15) is 42.4 Å². The fourth-order valence-electron chi connectivity index (χ4n) is 4.37. The van der Waals surface area contributed by atoms with E-state index in [1.54, 1.807) is 0 Å². The first-order valence-corrected chi connectivity index (χ1v) is 13.8. The molecule has 5 aromatic rings. The van der Waals surface area contributed by atoms with Crippen LogP contribution in [0.5, 0.6) is 0 Å². The topological polar surface area (TPSA) is 135 Å². The number of aromatic nitrogens is 8. The Balaban J connectivity index is 1.55. The molecular weight excluding hydrogens is 502 g/mol. The maximum absolute atomic E-state index is 12.8. The number of tetrazole rings is 1. The van der Waals surface area contributed by atoms with Crippen molar-refractivity contribution in [3.8, 4) is 22.5 Å². The Morgan fingerprint density at radius 2 is 1.74 bits per heavy atom. The first-order valence-electron chi connectivity index (χ1n) is 12.4. The fraction of sp³-hybridized carbons (Fsp3) is 0.308. The van der Waals surface area contributed by atoms with E-state index in [1.807, 2.05) is 31.2 Å². The summed E-state index contributed by atoms with van der Waals surface area (Å²) in [5.74, 6) is 1.14. The van der Waals surface area contributed by atoms with Gasteiger partial charge in [-0.15, -0.1) is 15.3 Å². The van der Waals surface area contributed by atoms with Gasteiger partial charge in [0.25, 0.3) is 15.2 Å². The van der Waals surface area contributed by atoms with Gasteiger partial charge in [0.1, 0.15) is 5.82 Å². The van der Waals surface area contributed by atoms with Gasteiger partial charge in [0, 0.05) is 37.3 Å². The largest absolute Gasteiger partial charge is 0.283 e. The van der Waals surface area contributed by atoms with Crippen LogP contribution in [0.3, 0.4) is 0 Å². The lowest BCUT2D eigenvalue weighted by Gasteiger charge is -2.12. The van der Waals surface area contributed by atoms with Crippen molar-refractivity contribution in [1.82, 2.24) is 44.5 Å². The van der Waals surface area contributed by atoms with Crippen LogP contribution in [-0.4, -0.2) is 67.0 Å². The molecule has 0 aliphatic carbocycles. The van der Waals surface area contributed by atoms with Crippen LogP contribution in [0, 0.1) is 6.92 Å². The van der Waals surface area contributed by atoms with E-state index in [0.29, 0.717) is 23.7 Å². The summed E-state index contributed by atoms with van der Waals surface area (Å²) in [6.07, 6.45) is 3.32. The number of fused-ring (bicyclic) bond motifs is 1. The van der Waals surface area contributed by atoms with Gasteiger partial charge in [-0.1, -0.05) is 61.9 Å². The van der Waals surface area contributed by atoms with E-state index >= 15 is 0 Å². The molecule has 0 spiro atoms. The Morgan fingerprint density at radius 1 is 1.00 bits per heavy atom. The van der Waals surface area contributed by atoms with Crippen molar-refractivity contribution in [2.45, 2.75) is 44.7 Å². The van der Waals surface area contributed by atoms with Gasteiger partial charge < -0.3 is 0 Å². The number of nitrogens with one attached hydrogen (secondary N) is 1. The molecule has 0 amide bonds. The van der Waals surface area contributed by atoms with Gasteiger partial charge in [0.15, 0.2) is 5.65 Å². The second-order valence-corrected chi connectivity index (χ2v) is 11.3. The normalized spacial score (nSPS) is 12.0. The van der Waals surface area contributed by atoms with E-state index in [-0.39, 0.29) is 5.16 Å². The fourth-order valence-corrected chi connectivity index (χ4v) is 5.08. The van der Waals surface area contributed by atoms with Gasteiger partial charge in [-0.2, -0.15) is 14.7 Å². The molecule has 0 aliphatic rings. The zero-order chi connectivity index (χ0) is 26.9. The first-order chi connectivity index (χ1) is 18.3. The van der Waals surface area contributed by atoms with Crippen molar-refractivity contribution < 1.29 is 8.42 Å². The molecule has 0 atom stereocenters. The highest BCUT2D eigenvalue weighted by Crippen LogP contribution is 2.30. The maximum Gasteiger partial charge on any atom is 0.283 e. The smallest absolute Gasteiger partial charge is 0.238 e. The van der Waals surface area contributed by atoms with Crippen LogP contribution in [0.2, 0.25) is 0 Å². The van der Waals surface area contributed by atoms with E-state index in [2.05, 4.69) is 61.9 Å². The Kier molecular flexibility index (Phi) is 7.00. The van der Waals surface area contributed by atoms with Gasteiger partial charge >= 0.3 is 0 Å². The molecule has 0 radical (unpaired) electrons. The average molecular weight is 532 g/mol. The number of hydrogen-bond donors (Lipinski definition) is 1. The number of hydrogen-bond acceptors (Lipinski definition) is 8. The molecule has 5 rings (SSSR count). The lowest BCUT2D eigenvalue weighted by Crippen LogP contribution is -2.23. The van der Waals surface area contributed by atoms with Crippen LogP contribution in [-0.2, 0) is 22.9 Å². The van der Waals surface area contributed by atoms with Crippen molar-refractivity contribution in [3.63, 3.8) is 0 Å². The molecular formula is C26H29N9O2S. The quantitative estimate of drug-likeness (QED) is 0.305. The summed E-state index contributed by atoms with van der Waals surface area (Å²) in [5, 5.41) is 18.5. The minimum Gasteiger partial charge on any atom is -0.238 e. The van der Waals surface area contributed by atoms with Crippen LogP contribution in [0.4, 0.5) is 0 Å². The van der Waals surface area contributed by atoms with Gasteiger partial charge in [0.2, 0.25) is 5.82 Å². The van der Waals surface area contributed by atoms with Crippen molar-refractivity contribution in [3.05, 3.63) is 71.2 Å². The molecule has 12 heteroatoms. The second kappa shape index (κ2) is 10.4. The lowest BCUT2D eigenvalue weighted by molar-refractivity contribution is 0.511. The number of H-pyrrole nitrogens is 1. The Bertz CT molecular complexity index is 1680. The predicted octanol–water partition coefficient (Wildman–Crippen LogP) is 3.46. The van der Waals surface area contributed by atoms with E-state index in [1.165, 1.54) is 18.6 Å². The van der Waals surface area contributed by atoms with Crippen molar-refractivity contribution in [2.75, 3.05) is 14.1 Å². The summed E-state index contributed by atoms with van der Waals surface area (Å²) < 4.78 is 28.2. The van der Waals surface area contributed by atoms with Crippen LogP contribution < -0.4 is 0 Å². The molecule has 0 aliphatic heterocycles. The number of benzene rings is 2. The first kappa shape index (κ1) is 25.6. The highest BCUT2D eigenvalue weighted by molar-refractivity contribution is 7.88. The monoisotopic (exact) mass is 531 g/mol. The zero-order valence-corrected chi connectivity index (χ0v) is 22.6. The molecule has 196 valence electrons. The molecule has 11 nitrogen and oxygen atoms in total. The number of aryl methyl sites for hydroxylation is 2. The molecule has 0 fully saturated rings. The molecule has 0 saturated carbocycles. The predicted molar refractivity (Wildman–Crippen MR) is 143 cm³/mol. The standard InChI is InChI=1S/C26H29N9O2S/c1-5-6-11-23-22(25-28-26(38(36,37)34(3)4)31-35(25)17(2)27-23)16-18-12-14-19(15-13-18)20-9-7-8-10-21(20)24-29-32-33-30-24/h7-10,12-15H,5-6,11,16H2,1-4H3,(H,29,30,32,33). The molecule has 3 aromatic heterocycles. The highest BCUT2D eigenvalue weighted by Gasteiger charge is 2.26. The van der Waals surface area contributed by atoms with Gasteiger partial charge in [-0.25, -0.2) is 17.7 Å². The summed E-state index contributed by atoms with van der Waals surface area (Å²) in [7, 11) is -0.848. The molecule has 0 unspecified atom stereocenters.